The van der Waals surface area contributed by atoms with Crippen molar-refractivity contribution in [2.45, 2.75) is 12.5 Å². The minimum atomic E-state index is -0.919. The second-order valence-corrected chi connectivity index (χ2v) is 3.99. The first-order valence-electron chi connectivity index (χ1n) is 5.56. The fourth-order valence-corrected chi connectivity index (χ4v) is 1.68. The van der Waals surface area contributed by atoms with Gasteiger partial charge in [-0.1, -0.05) is 12.1 Å². The molecule has 0 saturated carbocycles. The number of hydrogen-bond donors (Lipinski definition) is 4. The van der Waals surface area contributed by atoms with Gasteiger partial charge in [-0.25, -0.2) is 4.79 Å². The molecular formula is C13H14N2O3. The molecule has 1 atom stereocenters. The van der Waals surface area contributed by atoms with Gasteiger partial charge < -0.3 is 20.5 Å². The largest absolute Gasteiger partial charge is 0.508 e. The van der Waals surface area contributed by atoms with Crippen molar-refractivity contribution in [3.8, 4) is 5.75 Å². The molecule has 0 aliphatic heterocycles. The SMILES string of the molecule is O=C(O)C(Cc1ccc(O)cc1)Nc1ccc[nH]1. The third-order valence-electron chi connectivity index (χ3n) is 2.60. The first kappa shape index (κ1) is 12.0. The number of nitrogens with one attached hydrogen (secondary N) is 2. The molecular weight excluding hydrogens is 232 g/mol. The molecule has 0 aliphatic carbocycles. The second-order valence-electron chi connectivity index (χ2n) is 3.99. The van der Waals surface area contributed by atoms with Crippen LogP contribution in [-0.4, -0.2) is 27.2 Å². The van der Waals surface area contributed by atoms with Gasteiger partial charge in [0.15, 0.2) is 0 Å². The van der Waals surface area contributed by atoms with Crippen molar-refractivity contribution >= 4 is 11.8 Å². The zero-order valence-electron chi connectivity index (χ0n) is 9.63. The first-order valence-corrected chi connectivity index (χ1v) is 5.56. The van der Waals surface area contributed by atoms with Gasteiger partial charge in [0.05, 0.1) is 0 Å². The predicted molar refractivity (Wildman–Crippen MR) is 67.7 cm³/mol. The molecule has 0 amide bonds. The van der Waals surface area contributed by atoms with E-state index in [0.29, 0.717) is 12.2 Å². The Morgan fingerprint density at radius 2 is 2.00 bits per heavy atom. The van der Waals surface area contributed by atoms with Gasteiger partial charge in [-0.05, 0) is 29.8 Å². The lowest BCUT2D eigenvalue weighted by Crippen LogP contribution is -2.31. The maximum absolute atomic E-state index is 11.2. The van der Waals surface area contributed by atoms with Crippen LogP contribution in [0, 0.1) is 0 Å². The van der Waals surface area contributed by atoms with E-state index < -0.39 is 12.0 Å². The van der Waals surface area contributed by atoms with Gasteiger partial charge in [-0.3, -0.25) is 0 Å². The molecule has 94 valence electrons. The number of benzene rings is 1. The average Bonchev–Trinajstić information content (AvgIpc) is 2.84. The van der Waals surface area contributed by atoms with Gasteiger partial charge in [0, 0.05) is 12.6 Å². The van der Waals surface area contributed by atoms with Crippen molar-refractivity contribution in [2.75, 3.05) is 5.32 Å². The molecule has 5 heteroatoms. The van der Waals surface area contributed by atoms with Gasteiger partial charge in [0.1, 0.15) is 17.6 Å². The average molecular weight is 246 g/mol. The molecule has 0 spiro atoms. The van der Waals surface area contributed by atoms with Gasteiger partial charge >= 0.3 is 5.97 Å². The highest BCUT2D eigenvalue weighted by Gasteiger charge is 2.17. The van der Waals surface area contributed by atoms with Gasteiger partial charge in [-0.15, -0.1) is 0 Å². The van der Waals surface area contributed by atoms with Crippen molar-refractivity contribution in [3.63, 3.8) is 0 Å². The first-order chi connectivity index (χ1) is 8.65. The Bertz CT molecular complexity index is 506. The number of phenolic OH excluding ortho intramolecular Hbond substituents is 1. The summed E-state index contributed by atoms with van der Waals surface area (Å²) in [4.78, 5) is 14.1. The molecule has 1 unspecified atom stereocenters. The Morgan fingerprint density at radius 3 is 2.56 bits per heavy atom. The van der Waals surface area contributed by atoms with E-state index in [2.05, 4.69) is 10.3 Å². The molecule has 2 rings (SSSR count). The summed E-state index contributed by atoms with van der Waals surface area (Å²) in [5.74, 6) is -0.0817. The van der Waals surface area contributed by atoms with Crippen LogP contribution in [0.25, 0.3) is 0 Å². The fraction of sp³-hybridized carbons (Fsp3) is 0.154. The molecule has 5 nitrogen and oxygen atoms in total. The van der Waals surface area contributed by atoms with Gasteiger partial charge in [-0.2, -0.15) is 0 Å². The van der Waals surface area contributed by atoms with E-state index >= 15 is 0 Å². The minimum absolute atomic E-state index is 0.169. The lowest BCUT2D eigenvalue weighted by atomic mass is 10.1. The summed E-state index contributed by atoms with van der Waals surface area (Å²) in [7, 11) is 0. The molecule has 1 aromatic carbocycles. The Kier molecular flexibility index (Phi) is 3.52. The molecule has 1 aromatic heterocycles. The summed E-state index contributed by atoms with van der Waals surface area (Å²) in [6, 6.07) is 9.36. The maximum Gasteiger partial charge on any atom is 0.326 e. The summed E-state index contributed by atoms with van der Waals surface area (Å²) in [5.41, 5.74) is 0.847. The molecule has 0 fully saturated rings. The minimum Gasteiger partial charge on any atom is -0.508 e. The maximum atomic E-state index is 11.2. The highest BCUT2D eigenvalue weighted by molar-refractivity contribution is 5.77. The molecule has 4 N–H and O–H groups in total. The van der Waals surface area contributed by atoms with Crippen LogP contribution in [0.15, 0.2) is 42.6 Å². The molecule has 2 aromatic rings. The number of H-pyrrole nitrogens is 1. The van der Waals surface area contributed by atoms with E-state index in [1.165, 1.54) is 0 Å². The van der Waals surface area contributed by atoms with Crippen LogP contribution in [0.1, 0.15) is 5.56 Å². The van der Waals surface area contributed by atoms with Crippen LogP contribution in [0.3, 0.4) is 0 Å². The van der Waals surface area contributed by atoms with E-state index in [9.17, 15) is 9.90 Å². The van der Waals surface area contributed by atoms with Crippen LogP contribution >= 0.6 is 0 Å². The number of aromatic amines is 1. The van der Waals surface area contributed by atoms with E-state index in [1.807, 2.05) is 0 Å². The summed E-state index contributed by atoms with van der Waals surface area (Å²) in [5, 5.41) is 21.2. The predicted octanol–water partition coefficient (Wildman–Crippen LogP) is 1.83. The van der Waals surface area contributed by atoms with Crippen molar-refractivity contribution in [1.82, 2.24) is 4.98 Å². The summed E-state index contributed by atoms with van der Waals surface area (Å²) >= 11 is 0. The molecule has 0 bridgehead atoms. The topological polar surface area (TPSA) is 85.3 Å². The van der Waals surface area contributed by atoms with Crippen LogP contribution in [0.5, 0.6) is 5.75 Å². The van der Waals surface area contributed by atoms with Crippen LogP contribution in [0.4, 0.5) is 5.82 Å². The summed E-state index contributed by atoms with van der Waals surface area (Å²) in [6.45, 7) is 0. The van der Waals surface area contributed by atoms with Gasteiger partial charge in [0.25, 0.3) is 0 Å². The number of aromatic nitrogens is 1. The van der Waals surface area contributed by atoms with Crippen LogP contribution < -0.4 is 5.32 Å². The standard InChI is InChI=1S/C13H14N2O3/c16-10-5-3-9(4-6-10)8-11(13(17)18)15-12-2-1-7-14-12/h1-7,11,14-16H,8H2,(H,17,18). The molecule has 0 radical (unpaired) electrons. The number of phenols is 1. The number of carboxylic acids is 1. The molecule has 0 saturated heterocycles. The zero-order valence-corrected chi connectivity index (χ0v) is 9.63. The smallest absolute Gasteiger partial charge is 0.326 e. The van der Waals surface area contributed by atoms with Crippen molar-refractivity contribution in [3.05, 3.63) is 48.2 Å². The van der Waals surface area contributed by atoms with Crippen molar-refractivity contribution in [2.24, 2.45) is 0 Å². The third kappa shape index (κ3) is 3.04. The zero-order chi connectivity index (χ0) is 13.0. The number of rotatable bonds is 5. The lowest BCUT2D eigenvalue weighted by molar-refractivity contribution is -0.137. The lowest BCUT2D eigenvalue weighted by Gasteiger charge is -2.14. The Morgan fingerprint density at radius 1 is 1.28 bits per heavy atom. The molecule has 1 heterocycles. The van der Waals surface area contributed by atoms with E-state index in [-0.39, 0.29) is 5.75 Å². The number of anilines is 1. The number of hydrogen-bond acceptors (Lipinski definition) is 3. The summed E-state index contributed by atoms with van der Waals surface area (Å²) < 4.78 is 0. The van der Waals surface area contributed by atoms with Gasteiger partial charge in [0.2, 0.25) is 0 Å². The third-order valence-corrected chi connectivity index (χ3v) is 2.60. The monoisotopic (exact) mass is 246 g/mol. The normalized spacial score (nSPS) is 12.0. The second kappa shape index (κ2) is 5.27. The number of aromatic hydroxyl groups is 1. The quantitative estimate of drug-likeness (QED) is 0.648. The van der Waals surface area contributed by atoms with E-state index in [1.54, 1.807) is 42.6 Å². The highest BCUT2D eigenvalue weighted by Crippen LogP contribution is 2.13. The molecule has 18 heavy (non-hydrogen) atoms. The van der Waals surface area contributed by atoms with Crippen LogP contribution in [0.2, 0.25) is 0 Å². The summed E-state index contributed by atoms with van der Waals surface area (Å²) in [6.07, 6.45) is 2.07. The number of carbonyl (C=O) groups is 1. The fourth-order valence-electron chi connectivity index (χ4n) is 1.68. The van der Waals surface area contributed by atoms with E-state index in [4.69, 9.17) is 5.11 Å². The van der Waals surface area contributed by atoms with Crippen molar-refractivity contribution < 1.29 is 15.0 Å². The Labute approximate surface area is 104 Å². The Hall–Kier alpha value is -2.43. The van der Waals surface area contributed by atoms with E-state index in [0.717, 1.165) is 5.56 Å². The highest BCUT2D eigenvalue weighted by atomic mass is 16.4. The number of aliphatic carboxylic acids is 1. The number of carboxylic acid groups (broad SMARTS) is 1. The van der Waals surface area contributed by atoms with Crippen molar-refractivity contribution in [1.29, 1.82) is 0 Å². The van der Waals surface area contributed by atoms with Crippen LogP contribution in [-0.2, 0) is 11.2 Å². The Balaban J connectivity index is 2.06. The molecule has 0 aliphatic rings.